The summed E-state index contributed by atoms with van der Waals surface area (Å²) in [5.74, 6) is -0.520. The van der Waals surface area contributed by atoms with Gasteiger partial charge in [0.2, 0.25) is 0 Å². The van der Waals surface area contributed by atoms with E-state index in [2.05, 4.69) is 18.2 Å². The van der Waals surface area contributed by atoms with Crippen LogP contribution in [0.2, 0.25) is 0 Å². The smallest absolute Gasteiger partial charge is 0.303 e. The number of halogens is 1. The van der Waals surface area contributed by atoms with Gasteiger partial charge in [0.1, 0.15) is 5.82 Å². The highest BCUT2D eigenvalue weighted by atomic mass is 19.1. The number of carboxylic acids is 1. The lowest BCUT2D eigenvalue weighted by molar-refractivity contribution is -0.137. The van der Waals surface area contributed by atoms with Crippen LogP contribution in [0.3, 0.4) is 0 Å². The van der Waals surface area contributed by atoms with Crippen molar-refractivity contribution >= 4 is 5.97 Å². The van der Waals surface area contributed by atoms with Crippen molar-refractivity contribution in [3.8, 4) is 6.07 Å². The van der Waals surface area contributed by atoms with Crippen LogP contribution in [0.4, 0.5) is 4.39 Å². The van der Waals surface area contributed by atoms with Crippen LogP contribution >= 0.6 is 0 Å². The molecule has 178 valence electrons. The van der Waals surface area contributed by atoms with Crippen LogP contribution in [-0.4, -0.2) is 30.4 Å². The van der Waals surface area contributed by atoms with Crippen LogP contribution in [0.5, 0.6) is 0 Å². The molecule has 4 rings (SSSR count). The summed E-state index contributed by atoms with van der Waals surface area (Å²) in [5.41, 5.74) is 2.58. The Labute approximate surface area is 199 Å². The monoisotopic (exact) mass is 463 g/mol. The molecule has 4 atom stereocenters. The lowest BCUT2D eigenvalue weighted by Crippen LogP contribution is -2.41. The van der Waals surface area contributed by atoms with Gasteiger partial charge in [0.25, 0.3) is 0 Å². The van der Waals surface area contributed by atoms with E-state index in [1.807, 2.05) is 24.3 Å². The molecule has 1 aliphatic heterocycles. The van der Waals surface area contributed by atoms with Crippen molar-refractivity contribution in [2.45, 2.75) is 50.2 Å². The molecule has 2 aromatic carbocycles. The number of nitrogens with zero attached hydrogens (tertiary/aromatic N) is 1. The Morgan fingerprint density at radius 1 is 1.21 bits per heavy atom. The number of aliphatic carboxylic acids is 1. The number of carboxylic acid groups (broad SMARTS) is 1. The minimum Gasteiger partial charge on any atom is -0.481 e. The SMILES string of the molecule is N#Cc1ccc(COC[C@H]2C3CC(c4ccc(F)cc4)(CO3)[C@@H]2C/C=C/CCCC(=O)O)cc1. The molecule has 2 unspecified atom stereocenters. The van der Waals surface area contributed by atoms with Gasteiger partial charge >= 0.3 is 5.97 Å². The molecule has 0 radical (unpaired) electrons. The molecule has 6 heteroatoms. The van der Waals surface area contributed by atoms with Crippen molar-refractivity contribution in [1.29, 1.82) is 5.26 Å². The summed E-state index contributed by atoms with van der Waals surface area (Å²) in [4.78, 5) is 10.7. The quantitative estimate of drug-likeness (QED) is 0.357. The molecule has 2 bridgehead atoms. The van der Waals surface area contributed by atoms with Gasteiger partial charge in [-0.15, -0.1) is 0 Å². The Bertz CT molecular complexity index is 1040. The van der Waals surface area contributed by atoms with Gasteiger partial charge in [-0.25, -0.2) is 4.39 Å². The van der Waals surface area contributed by atoms with Crippen molar-refractivity contribution in [1.82, 2.24) is 0 Å². The number of unbranched alkanes of at least 4 members (excludes halogenated alkanes) is 1. The highest BCUT2D eigenvalue weighted by Gasteiger charge is 2.59. The third-order valence-electron chi connectivity index (χ3n) is 7.22. The van der Waals surface area contributed by atoms with E-state index in [0.717, 1.165) is 30.4 Å². The van der Waals surface area contributed by atoms with E-state index in [-0.39, 0.29) is 35.6 Å². The topological polar surface area (TPSA) is 79.5 Å². The molecule has 2 aromatic rings. The zero-order valence-electron chi connectivity index (χ0n) is 19.2. The van der Waals surface area contributed by atoms with Crippen LogP contribution in [-0.2, 0) is 26.3 Å². The molecule has 5 nitrogen and oxygen atoms in total. The number of hydrogen-bond acceptors (Lipinski definition) is 4. The molecule has 1 saturated heterocycles. The molecular weight excluding hydrogens is 433 g/mol. The Hall–Kier alpha value is -3.01. The third kappa shape index (κ3) is 5.38. The predicted octanol–water partition coefficient (Wildman–Crippen LogP) is 5.39. The van der Waals surface area contributed by atoms with Crippen molar-refractivity contribution in [3.05, 3.63) is 83.2 Å². The van der Waals surface area contributed by atoms with E-state index in [1.165, 1.54) is 12.1 Å². The standard InChI is InChI=1S/C28H30FNO4/c29-23-13-11-22(12-14-23)28-15-26(34-19-28)24(25(28)5-3-1-2-4-6-27(31)32)18-33-17-21-9-7-20(16-30)8-10-21/h1,3,7-14,24-26H,2,4-6,15,17-19H2,(H,31,32)/b3-1+/t24-,25-,26?,28?/m1/s1. The van der Waals surface area contributed by atoms with E-state index in [4.69, 9.17) is 19.8 Å². The second-order valence-corrected chi connectivity index (χ2v) is 9.30. The summed E-state index contributed by atoms with van der Waals surface area (Å²) >= 11 is 0. The van der Waals surface area contributed by atoms with Crippen LogP contribution in [0.1, 0.15) is 48.8 Å². The minimum absolute atomic E-state index is 0.0939. The first kappa shape index (κ1) is 24.1. The summed E-state index contributed by atoms with van der Waals surface area (Å²) in [7, 11) is 0. The van der Waals surface area contributed by atoms with E-state index in [1.54, 1.807) is 12.1 Å². The number of fused-ring (bicyclic) bond motifs is 2. The molecular formula is C28H30FNO4. The van der Waals surface area contributed by atoms with Crippen LogP contribution in [0.15, 0.2) is 60.7 Å². The molecule has 1 saturated carbocycles. The first-order chi connectivity index (χ1) is 16.5. The maximum atomic E-state index is 13.6. The average Bonchev–Trinajstić information content (AvgIpc) is 3.40. The maximum Gasteiger partial charge on any atom is 0.303 e. The predicted molar refractivity (Wildman–Crippen MR) is 125 cm³/mol. The number of benzene rings is 2. The van der Waals surface area contributed by atoms with E-state index >= 15 is 0 Å². The van der Waals surface area contributed by atoms with Gasteiger partial charge in [-0.3, -0.25) is 4.79 Å². The van der Waals surface area contributed by atoms with Gasteiger partial charge in [0.05, 0.1) is 37.6 Å². The highest BCUT2D eigenvalue weighted by Crippen LogP contribution is 2.56. The largest absolute Gasteiger partial charge is 0.481 e. The van der Waals surface area contributed by atoms with Crippen molar-refractivity contribution in [3.63, 3.8) is 0 Å². The Morgan fingerprint density at radius 3 is 2.68 bits per heavy atom. The van der Waals surface area contributed by atoms with Crippen LogP contribution < -0.4 is 0 Å². The second-order valence-electron chi connectivity index (χ2n) is 9.30. The minimum atomic E-state index is -0.770. The molecule has 1 heterocycles. The Kier molecular flexibility index (Phi) is 7.77. The number of ether oxygens (including phenoxy) is 2. The molecule has 34 heavy (non-hydrogen) atoms. The average molecular weight is 464 g/mol. The van der Waals surface area contributed by atoms with E-state index in [0.29, 0.717) is 31.8 Å². The zero-order valence-corrected chi connectivity index (χ0v) is 19.2. The lowest BCUT2D eigenvalue weighted by atomic mass is 9.69. The van der Waals surface area contributed by atoms with Crippen LogP contribution in [0.25, 0.3) is 0 Å². The summed E-state index contributed by atoms with van der Waals surface area (Å²) in [6.07, 6.45) is 7.60. The fourth-order valence-corrected chi connectivity index (χ4v) is 5.48. The van der Waals surface area contributed by atoms with Gasteiger partial charge in [-0.1, -0.05) is 36.4 Å². The zero-order chi connectivity index (χ0) is 24.0. The maximum absolute atomic E-state index is 13.6. The summed E-state index contributed by atoms with van der Waals surface area (Å²) in [6, 6.07) is 16.3. The number of rotatable bonds is 11. The van der Waals surface area contributed by atoms with Gasteiger partial charge < -0.3 is 14.6 Å². The number of allylic oxidation sites excluding steroid dienone is 2. The van der Waals surface area contributed by atoms with E-state index < -0.39 is 5.97 Å². The van der Waals surface area contributed by atoms with Crippen molar-refractivity contribution in [2.75, 3.05) is 13.2 Å². The summed E-state index contributed by atoms with van der Waals surface area (Å²) in [5, 5.41) is 17.8. The highest BCUT2D eigenvalue weighted by molar-refractivity contribution is 5.66. The first-order valence-electron chi connectivity index (χ1n) is 11.8. The molecule has 0 aromatic heterocycles. The molecule has 2 aliphatic rings. The van der Waals surface area contributed by atoms with Gasteiger partial charge in [-0.2, -0.15) is 5.26 Å². The van der Waals surface area contributed by atoms with Crippen LogP contribution in [0, 0.1) is 29.0 Å². The molecule has 1 aliphatic carbocycles. The first-order valence-corrected chi connectivity index (χ1v) is 11.8. The molecule has 0 amide bonds. The number of nitriles is 1. The summed E-state index contributed by atoms with van der Waals surface area (Å²) in [6.45, 7) is 1.65. The number of carbonyl (C=O) groups is 1. The van der Waals surface area contributed by atoms with E-state index in [9.17, 15) is 9.18 Å². The lowest BCUT2D eigenvalue weighted by Gasteiger charge is -2.39. The van der Waals surface area contributed by atoms with Gasteiger partial charge in [-0.05, 0) is 67.0 Å². The normalized spacial score (nSPS) is 25.6. The summed E-state index contributed by atoms with van der Waals surface area (Å²) < 4.78 is 25.9. The number of hydrogen-bond donors (Lipinski definition) is 1. The van der Waals surface area contributed by atoms with Gasteiger partial charge in [0, 0.05) is 17.8 Å². The Morgan fingerprint density at radius 2 is 1.97 bits per heavy atom. The fourth-order valence-electron chi connectivity index (χ4n) is 5.48. The molecule has 1 N–H and O–H groups in total. The molecule has 2 fully saturated rings. The van der Waals surface area contributed by atoms with Gasteiger partial charge in [0.15, 0.2) is 0 Å². The Balaban J connectivity index is 1.45. The second kappa shape index (κ2) is 10.9. The molecule has 0 spiro atoms. The van der Waals surface area contributed by atoms with Crippen molar-refractivity contribution in [2.24, 2.45) is 11.8 Å². The van der Waals surface area contributed by atoms with Crippen molar-refractivity contribution < 1.29 is 23.8 Å². The third-order valence-corrected chi connectivity index (χ3v) is 7.22. The fraction of sp³-hybridized carbons (Fsp3) is 0.429.